The molecule has 0 saturated heterocycles. The highest BCUT2D eigenvalue weighted by Gasteiger charge is 2.15. The van der Waals surface area contributed by atoms with Crippen LogP contribution in [0.4, 0.5) is 0 Å². The van der Waals surface area contributed by atoms with Crippen LogP contribution < -0.4 is 10.5 Å². The van der Waals surface area contributed by atoms with Crippen molar-refractivity contribution in [2.75, 3.05) is 13.7 Å². The summed E-state index contributed by atoms with van der Waals surface area (Å²) in [5, 5.41) is 0. The minimum absolute atomic E-state index is 0.206. The van der Waals surface area contributed by atoms with Crippen LogP contribution in [0.5, 0.6) is 0 Å². The van der Waals surface area contributed by atoms with Crippen LogP contribution in [0.2, 0.25) is 0 Å². The molecule has 0 aliphatic rings. The van der Waals surface area contributed by atoms with Gasteiger partial charge in [0.15, 0.2) is 0 Å². The number of benzene rings is 1. The Morgan fingerprint density at radius 1 is 1.47 bits per heavy atom. The number of carbonyl (C=O) groups is 1. The molecule has 1 rings (SSSR count). The zero-order valence-electron chi connectivity index (χ0n) is 10.9. The van der Waals surface area contributed by atoms with E-state index in [1.807, 2.05) is 0 Å². The summed E-state index contributed by atoms with van der Waals surface area (Å²) in [6, 6.07) is 5.99. The summed E-state index contributed by atoms with van der Waals surface area (Å²) < 4.78 is 30.7. The molecular weight excluding hydrogens is 268 g/mol. The lowest BCUT2D eigenvalue weighted by Crippen LogP contribution is -2.38. The second-order valence-electron chi connectivity index (χ2n) is 4.21. The largest absolute Gasteiger partial charge is 0.465 e. The highest BCUT2D eigenvalue weighted by Crippen LogP contribution is 2.10. The Morgan fingerprint density at radius 2 is 2.16 bits per heavy atom. The molecule has 3 N–H and O–H groups in total. The number of nitrogens with two attached hydrogens (primary N) is 1. The molecule has 0 spiro atoms. The number of nitrogens with one attached hydrogen (secondary N) is 1. The van der Waals surface area contributed by atoms with Gasteiger partial charge in [0.2, 0.25) is 10.0 Å². The maximum Gasteiger partial charge on any atom is 0.337 e. The van der Waals surface area contributed by atoms with E-state index in [9.17, 15) is 13.2 Å². The average Bonchev–Trinajstić information content (AvgIpc) is 2.36. The van der Waals surface area contributed by atoms with E-state index in [2.05, 4.69) is 9.46 Å². The maximum absolute atomic E-state index is 11.8. The molecule has 1 atom stereocenters. The molecule has 0 aliphatic heterocycles. The second kappa shape index (κ2) is 6.65. The summed E-state index contributed by atoms with van der Waals surface area (Å²) in [6.07, 6.45) is 0. The van der Waals surface area contributed by atoms with Gasteiger partial charge in [-0.05, 0) is 24.6 Å². The van der Waals surface area contributed by atoms with Gasteiger partial charge in [0.05, 0.1) is 18.4 Å². The molecule has 0 aromatic heterocycles. The van der Waals surface area contributed by atoms with E-state index >= 15 is 0 Å². The van der Waals surface area contributed by atoms with Crippen LogP contribution in [0.25, 0.3) is 0 Å². The lowest BCUT2D eigenvalue weighted by atomic mass is 10.1. The van der Waals surface area contributed by atoms with Gasteiger partial charge < -0.3 is 10.5 Å². The van der Waals surface area contributed by atoms with Gasteiger partial charge in [0.25, 0.3) is 0 Å². The van der Waals surface area contributed by atoms with E-state index in [1.54, 1.807) is 25.1 Å². The number of rotatable bonds is 6. The quantitative estimate of drug-likeness (QED) is 0.730. The predicted octanol–water partition coefficient (Wildman–Crippen LogP) is 0.240. The van der Waals surface area contributed by atoms with Crippen molar-refractivity contribution in [3.05, 3.63) is 35.4 Å². The molecule has 1 aromatic carbocycles. The molecule has 6 nitrogen and oxygen atoms in total. The molecule has 0 heterocycles. The molecule has 106 valence electrons. The third-order valence-electron chi connectivity index (χ3n) is 2.44. The van der Waals surface area contributed by atoms with Crippen molar-refractivity contribution in [1.29, 1.82) is 0 Å². The van der Waals surface area contributed by atoms with Gasteiger partial charge in [-0.3, -0.25) is 0 Å². The SMILES string of the molecule is COC(=O)c1cccc(CS(=O)(=O)N[C@@H](C)CN)c1. The molecule has 0 bridgehead atoms. The van der Waals surface area contributed by atoms with Crippen molar-refractivity contribution in [3.63, 3.8) is 0 Å². The van der Waals surface area contributed by atoms with Crippen LogP contribution in [0.1, 0.15) is 22.8 Å². The number of sulfonamides is 1. The second-order valence-corrected chi connectivity index (χ2v) is 5.96. The van der Waals surface area contributed by atoms with E-state index in [1.165, 1.54) is 13.2 Å². The summed E-state index contributed by atoms with van der Waals surface area (Å²) in [5.74, 6) is -0.704. The van der Waals surface area contributed by atoms with Crippen LogP contribution in [0, 0.1) is 0 Å². The van der Waals surface area contributed by atoms with E-state index < -0.39 is 16.0 Å². The monoisotopic (exact) mass is 286 g/mol. The Kier molecular flexibility index (Phi) is 5.46. The Hall–Kier alpha value is -1.44. The third-order valence-corrected chi connectivity index (χ3v) is 3.91. The van der Waals surface area contributed by atoms with Crippen molar-refractivity contribution in [1.82, 2.24) is 4.72 Å². The predicted molar refractivity (Wildman–Crippen MR) is 72.1 cm³/mol. The van der Waals surface area contributed by atoms with Gasteiger partial charge >= 0.3 is 5.97 Å². The molecule has 1 aromatic rings. The Labute approximate surface area is 113 Å². The van der Waals surface area contributed by atoms with Crippen LogP contribution in [0.3, 0.4) is 0 Å². The van der Waals surface area contributed by atoms with E-state index in [0.717, 1.165) is 0 Å². The first-order valence-electron chi connectivity index (χ1n) is 5.75. The Balaban J connectivity index is 2.85. The Bertz CT molecular complexity index is 542. The molecule has 0 unspecified atom stereocenters. The third kappa shape index (κ3) is 4.98. The van der Waals surface area contributed by atoms with E-state index in [4.69, 9.17) is 5.73 Å². The molecule has 19 heavy (non-hydrogen) atoms. The first kappa shape index (κ1) is 15.6. The number of methoxy groups -OCH3 is 1. The molecule has 0 amide bonds. The normalized spacial score (nSPS) is 13.0. The van der Waals surface area contributed by atoms with Gasteiger partial charge in [-0.1, -0.05) is 12.1 Å². The van der Waals surface area contributed by atoms with Crippen molar-refractivity contribution in [2.45, 2.75) is 18.7 Å². The van der Waals surface area contributed by atoms with Gasteiger partial charge in [0.1, 0.15) is 0 Å². The molecule has 0 saturated carbocycles. The van der Waals surface area contributed by atoms with Crippen LogP contribution in [0.15, 0.2) is 24.3 Å². The first-order valence-corrected chi connectivity index (χ1v) is 7.40. The lowest BCUT2D eigenvalue weighted by molar-refractivity contribution is 0.0600. The number of ether oxygens (including phenoxy) is 1. The smallest absolute Gasteiger partial charge is 0.337 e. The number of hydrogen-bond acceptors (Lipinski definition) is 5. The number of carbonyl (C=O) groups excluding carboxylic acids is 1. The van der Waals surface area contributed by atoms with Crippen LogP contribution in [-0.2, 0) is 20.5 Å². The number of esters is 1. The highest BCUT2D eigenvalue weighted by molar-refractivity contribution is 7.88. The fraction of sp³-hybridized carbons (Fsp3) is 0.417. The molecule has 7 heteroatoms. The van der Waals surface area contributed by atoms with Crippen molar-refractivity contribution < 1.29 is 17.9 Å². The molecule has 0 aliphatic carbocycles. The zero-order chi connectivity index (χ0) is 14.5. The Morgan fingerprint density at radius 3 is 2.74 bits per heavy atom. The van der Waals surface area contributed by atoms with Crippen molar-refractivity contribution >= 4 is 16.0 Å². The fourth-order valence-corrected chi connectivity index (χ4v) is 2.93. The maximum atomic E-state index is 11.8. The highest BCUT2D eigenvalue weighted by atomic mass is 32.2. The van der Waals surface area contributed by atoms with Crippen molar-refractivity contribution in [3.8, 4) is 0 Å². The number of hydrogen-bond donors (Lipinski definition) is 2. The van der Waals surface area contributed by atoms with E-state index in [-0.39, 0.29) is 18.3 Å². The van der Waals surface area contributed by atoms with E-state index in [0.29, 0.717) is 11.1 Å². The van der Waals surface area contributed by atoms with Gasteiger partial charge in [0, 0.05) is 12.6 Å². The molecule has 0 radical (unpaired) electrons. The summed E-state index contributed by atoms with van der Waals surface area (Å²) in [6.45, 7) is 1.91. The zero-order valence-corrected chi connectivity index (χ0v) is 11.7. The van der Waals surface area contributed by atoms with Gasteiger partial charge in [-0.2, -0.15) is 0 Å². The van der Waals surface area contributed by atoms with Gasteiger partial charge in [-0.25, -0.2) is 17.9 Å². The van der Waals surface area contributed by atoms with Crippen LogP contribution in [-0.4, -0.2) is 34.1 Å². The molecular formula is C12H18N2O4S. The summed E-state index contributed by atoms with van der Waals surface area (Å²) >= 11 is 0. The molecule has 0 fully saturated rings. The first-order chi connectivity index (χ1) is 8.88. The van der Waals surface area contributed by atoms with Crippen molar-refractivity contribution in [2.24, 2.45) is 5.73 Å². The summed E-state index contributed by atoms with van der Waals surface area (Å²) in [5.41, 5.74) is 6.20. The fourth-order valence-electron chi connectivity index (χ4n) is 1.52. The average molecular weight is 286 g/mol. The topological polar surface area (TPSA) is 98.5 Å². The standard InChI is InChI=1S/C12H18N2O4S/c1-9(7-13)14-19(16,17)8-10-4-3-5-11(6-10)12(15)18-2/h3-6,9,14H,7-8,13H2,1-2H3/t9-/m0/s1. The minimum atomic E-state index is -3.48. The van der Waals surface area contributed by atoms with Crippen LogP contribution >= 0.6 is 0 Å². The summed E-state index contributed by atoms with van der Waals surface area (Å²) in [4.78, 5) is 11.4. The summed E-state index contributed by atoms with van der Waals surface area (Å²) in [7, 11) is -2.20. The lowest BCUT2D eigenvalue weighted by Gasteiger charge is -2.12. The minimum Gasteiger partial charge on any atom is -0.465 e. The van der Waals surface area contributed by atoms with Gasteiger partial charge in [-0.15, -0.1) is 0 Å².